The number of aliphatic carboxylic acids is 1. The molecule has 5 nitrogen and oxygen atoms in total. The monoisotopic (exact) mass is 355 g/mol. The molecule has 0 saturated carbocycles. The number of carboxylic acid groups (broad SMARTS) is 1. The lowest BCUT2D eigenvalue weighted by Crippen LogP contribution is -2.47. The van der Waals surface area contributed by atoms with Crippen LogP contribution in [-0.4, -0.2) is 43.3 Å². The Morgan fingerprint density at radius 3 is 2.71 bits per heavy atom. The standard InChI is InChI=1S/C18H26ClNO4/c1-4-8-18(17(21)22)9-5-10-20(12-18)11-13-6-7-14(23-2)16(24-3)15(13)19/h6-7H,4-5,8-12H2,1-3H3,(H,21,22)/t18-/m1/s1. The van der Waals surface area contributed by atoms with Gasteiger partial charge in [-0.2, -0.15) is 0 Å². The van der Waals surface area contributed by atoms with Crippen LogP contribution in [0.4, 0.5) is 0 Å². The number of benzene rings is 1. The molecule has 1 aromatic rings. The minimum absolute atomic E-state index is 0.520. The summed E-state index contributed by atoms with van der Waals surface area (Å²) in [6, 6.07) is 3.75. The summed E-state index contributed by atoms with van der Waals surface area (Å²) in [5, 5.41) is 10.2. The zero-order chi connectivity index (χ0) is 17.7. The average Bonchev–Trinajstić information content (AvgIpc) is 2.57. The van der Waals surface area contributed by atoms with Gasteiger partial charge in [0.1, 0.15) is 0 Å². The zero-order valence-electron chi connectivity index (χ0n) is 14.6. The van der Waals surface area contributed by atoms with E-state index in [9.17, 15) is 9.90 Å². The molecule has 134 valence electrons. The van der Waals surface area contributed by atoms with Crippen LogP contribution in [0.25, 0.3) is 0 Å². The van der Waals surface area contributed by atoms with Gasteiger partial charge < -0.3 is 14.6 Å². The van der Waals surface area contributed by atoms with Gasteiger partial charge in [0.25, 0.3) is 0 Å². The van der Waals surface area contributed by atoms with Gasteiger partial charge in [-0.1, -0.05) is 31.0 Å². The molecule has 1 saturated heterocycles. The smallest absolute Gasteiger partial charge is 0.310 e. The van der Waals surface area contributed by atoms with Crippen LogP contribution in [0.1, 0.15) is 38.2 Å². The first kappa shape index (κ1) is 18.9. The average molecular weight is 356 g/mol. The second-order valence-corrected chi connectivity index (χ2v) is 6.80. The lowest BCUT2D eigenvalue weighted by atomic mass is 9.76. The molecule has 1 N–H and O–H groups in total. The van der Waals surface area contributed by atoms with Gasteiger partial charge in [0.2, 0.25) is 0 Å². The maximum Gasteiger partial charge on any atom is 0.310 e. The molecule has 0 unspecified atom stereocenters. The van der Waals surface area contributed by atoms with Crippen LogP contribution in [0.5, 0.6) is 11.5 Å². The van der Waals surface area contributed by atoms with Crippen LogP contribution < -0.4 is 9.47 Å². The van der Waals surface area contributed by atoms with Gasteiger partial charge in [0.05, 0.1) is 24.7 Å². The van der Waals surface area contributed by atoms with Crippen LogP contribution in [0.3, 0.4) is 0 Å². The number of carbonyl (C=O) groups is 1. The van der Waals surface area contributed by atoms with E-state index in [1.807, 2.05) is 19.1 Å². The Kier molecular flexibility index (Phi) is 6.35. The van der Waals surface area contributed by atoms with Crippen LogP contribution in [0, 0.1) is 5.41 Å². The second kappa shape index (κ2) is 8.08. The summed E-state index contributed by atoms with van der Waals surface area (Å²) in [5.74, 6) is 0.426. The summed E-state index contributed by atoms with van der Waals surface area (Å²) in [7, 11) is 3.13. The third-order valence-corrected chi connectivity index (χ3v) is 5.21. The van der Waals surface area contributed by atoms with Crippen molar-refractivity contribution in [1.29, 1.82) is 0 Å². The molecule has 1 atom stereocenters. The van der Waals surface area contributed by atoms with Crippen molar-refractivity contribution >= 4 is 17.6 Å². The molecule has 0 bridgehead atoms. The molecule has 1 aliphatic rings. The number of carboxylic acids is 1. The molecule has 1 aliphatic heterocycles. The van der Waals surface area contributed by atoms with E-state index in [1.54, 1.807) is 14.2 Å². The molecule has 24 heavy (non-hydrogen) atoms. The molecule has 0 radical (unpaired) electrons. The van der Waals surface area contributed by atoms with Gasteiger partial charge >= 0.3 is 5.97 Å². The van der Waals surface area contributed by atoms with E-state index >= 15 is 0 Å². The Morgan fingerprint density at radius 1 is 1.38 bits per heavy atom. The van der Waals surface area contributed by atoms with Gasteiger partial charge in [-0.05, 0) is 37.4 Å². The molecule has 0 spiro atoms. The van der Waals surface area contributed by atoms with Gasteiger partial charge in [0, 0.05) is 13.1 Å². The van der Waals surface area contributed by atoms with Gasteiger partial charge in [-0.25, -0.2) is 0 Å². The first-order chi connectivity index (χ1) is 11.5. The fourth-order valence-electron chi connectivity index (χ4n) is 3.62. The number of hydrogen-bond acceptors (Lipinski definition) is 4. The summed E-state index contributed by atoms with van der Waals surface area (Å²) in [6.07, 6.45) is 3.21. The van der Waals surface area contributed by atoms with Crippen LogP contribution in [0.15, 0.2) is 12.1 Å². The molecule has 0 amide bonds. The molecular formula is C18H26ClNO4. The molecule has 1 fully saturated rings. The summed E-state index contributed by atoms with van der Waals surface area (Å²) in [4.78, 5) is 14.0. The quantitative estimate of drug-likeness (QED) is 0.805. The maximum atomic E-state index is 11.8. The number of piperidine rings is 1. The predicted octanol–water partition coefficient (Wildman–Crippen LogP) is 3.82. The lowest BCUT2D eigenvalue weighted by Gasteiger charge is -2.40. The van der Waals surface area contributed by atoms with Crippen LogP contribution in [-0.2, 0) is 11.3 Å². The van der Waals surface area contributed by atoms with E-state index in [0.717, 1.165) is 31.4 Å². The lowest BCUT2D eigenvalue weighted by molar-refractivity contribution is -0.153. The van der Waals surface area contributed by atoms with Crippen LogP contribution in [0.2, 0.25) is 5.02 Å². The summed E-state index contributed by atoms with van der Waals surface area (Å²) < 4.78 is 10.6. The molecule has 0 aromatic heterocycles. The Bertz CT molecular complexity index is 589. The first-order valence-electron chi connectivity index (χ1n) is 8.32. The Morgan fingerprint density at radius 2 is 2.12 bits per heavy atom. The number of rotatable bonds is 7. The van der Waals surface area contributed by atoms with Gasteiger partial charge in [-0.15, -0.1) is 0 Å². The van der Waals surface area contributed by atoms with E-state index < -0.39 is 11.4 Å². The zero-order valence-corrected chi connectivity index (χ0v) is 15.4. The highest BCUT2D eigenvalue weighted by Crippen LogP contribution is 2.39. The summed E-state index contributed by atoms with van der Waals surface area (Å²) in [6.45, 7) is 4.08. The van der Waals surface area contributed by atoms with Crippen molar-refractivity contribution in [2.45, 2.75) is 39.2 Å². The van der Waals surface area contributed by atoms with E-state index in [2.05, 4.69) is 4.90 Å². The van der Waals surface area contributed by atoms with E-state index in [0.29, 0.717) is 36.0 Å². The van der Waals surface area contributed by atoms with Crippen molar-refractivity contribution in [3.63, 3.8) is 0 Å². The summed E-state index contributed by atoms with van der Waals surface area (Å²) in [5.41, 5.74) is 0.280. The maximum absolute atomic E-state index is 11.8. The van der Waals surface area contributed by atoms with Crippen molar-refractivity contribution in [2.75, 3.05) is 27.3 Å². The molecule has 1 aromatic carbocycles. The van der Waals surface area contributed by atoms with E-state index in [4.69, 9.17) is 21.1 Å². The fourth-order valence-corrected chi connectivity index (χ4v) is 3.91. The van der Waals surface area contributed by atoms with E-state index in [-0.39, 0.29) is 0 Å². The molecule has 6 heteroatoms. The van der Waals surface area contributed by atoms with Gasteiger partial charge in [-0.3, -0.25) is 9.69 Å². The number of nitrogens with zero attached hydrogens (tertiary/aromatic N) is 1. The first-order valence-corrected chi connectivity index (χ1v) is 8.70. The highest BCUT2D eigenvalue weighted by molar-refractivity contribution is 6.33. The van der Waals surface area contributed by atoms with Crippen molar-refractivity contribution in [2.24, 2.45) is 5.41 Å². The van der Waals surface area contributed by atoms with Crippen molar-refractivity contribution in [3.05, 3.63) is 22.7 Å². The largest absolute Gasteiger partial charge is 0.493 e. The number of halogens is 1. The number of likely N-dealkylation sites (tertiary alicyclic amines) is 1. The normalized spacial score (nSPS) is 21.5. The number of methoxy groups -OCH3 is 2. The predicted molar refractivity (Wildman–Crippen MR) is 94.0 cm³/mol. The van der Waals surface area contributed by atoms with Crippen molar-refractivity contribution in [1.82, 2.24) is 4.90 Å². The molecule has 2 rings (SSSR count). The molecular weight excluding hydrogens is 330 g/mol. The molecule has 1 heterocycles. The van der Waals surface area contributed by atoms with Crippen LogP contribution >= 0.6 is 11.6 Å². The topological polar surface area (TPSA) is 59.0 Å². The third kappa shape index (κ3) is 3.78. The van der Waals surface area contributed by atoms with Crippen molar-refractivity contribution < 1.29 is 19.4 Å². The third-order valence-electron chi connectivity index (χ3n) is 4.80. The number of hydrogen-bond donors (Lipinski definition) is 1. The fraction of sp³-hybridized carbons (Fsp3) is 0.611. The Labute approximate surface area is 148 Å². The highest BCUT2D eigenvalue weighted by atomic mass is 35.5. The Hall–Kier alpha value is -1.46. The Balaban J connectivity index is 2.20. The van der Waals surface area contributed by atoms with E-state index in [1.165, 1.54) is 0 Å². The highest BCUT2D eigenvalue weighted by Gasteiger charge is 2.41. The minimum Gasteiger partial charge on any atom is -0.493 e. The minimum atomic E-state index is -0.688. The SMILES string of the molecule is CCC[C@@]1(C(=O)O)CCCN(Cc2ccc(OC)c(OC)c2Cl)C1. The van der Waals surface area contributed by atoms with Crippen molar-refractivity contribution in [3.8, 4) is 11.5 Å². The summed E-state index contributed by atoms with van der Waals surface area (Å²) >= 11 is 6.46. The van der Waals surface area contributed by atoms with Gasteiger partial charge in [0.15, 0.2) is 11.5 Å². The molecule has 0 aliphatic carbocycles. The number of ether oxygens (including phenoxy) is 2. The second-order valence-electron chi connectivity index (χ2n) is 6.42.